The van der Waals surface area contributed by atoms with Gasteiger partial charge < -0.3 is 10.0 Å². The molecule has 2 heterocycles. The number of anilines is 1. The first-order chi connectivity index (χ1) is 13.0. The van der Waals surface area contributed by atoms with Crippen LogP contribution >= 0.6 is 0 Å². The maximum Gasteiger partial charge on any atom is 0.204 e. The van der Waals surface area contributed by atoms with Crippen molar-refractivity contribution in [2.24, 2.45) is 4.99 Å². The number of benzene rings is 2. The van der Waals surface area contributed by atoms with Gasteiger partial charge in [0.1, 0.15) is 5.84 Å². The number of fused-ring (bicyclic) bond motifs is 3. The minimum atomic E-state index is -1.51. The molecule has 4 nitrogen and oxygen atoms in total. The van der Waals surface area contributed by atoms with Crippen molar-refractivity contribution < 1.29 is 9.90 Å². The van der Waals surface area contributed by atoms with Crippen molar-refractivity contribution in [2.45, 2.75) is 51.6 Å². The second-order valence-corrected chi connectivity index (χ2v) is 8.14. The summed E-state index contributed by atoms with van der Waals surface area (Å²) in [6, 6.07) is 10.4. The molecule has 1 unspecified atom stereocenters. The average Bonchev–Trinajstić information content (AvgIpc) is 3.01. The van der Waals surface area contributed by atoms with Crippen LogP contribution in [0.2, 0.25) is 0 Å². The van der Waals surface area contributed by atoms with Gasteiger partial charge in [-0.15, -0.1) is 0 Å². The first-order valence-corrected chi connectivity index (χ1v) is 9.84. The number of nitrogens with zero attached hydrogens (tertiary/aromatic N) is 2. The van der Waals surface area contributed by atoms with E-state index in [4.69, 9.17) is 4.99 Å². The van der Waals surface area contributed by atoms with Gasteiger partial charge in [0.2, 0.25) is 5.78 Å². The molecule has 0 aromatic heterocycles. The Labute approximate surface area is 159 Å². The van der Waals surface area contributed by atoms with Gasteiger partial charge in [0.05, 0.1) is 5.69 Å². The normalized spacial score (nSPS) is 23.6. The third-order valence-electron chi connectivity index (χ3n) is 6.43. The third kappa shape index (κ3) is 2.39. The minimum Gasteiger partial charge on any atom is -0.374 e. The summed E-state index contributed by atoms with van der Waals surface area (Å²) in [6.07, 6.45) is 5.12. The quantitative estimate of drug-likeness (QED) is 0.835. The van der Waals surface area contributed by atoms with Crippen LogP contribution in [0.1, 0.15) is 51.9 Å². The van der Waals surface area contributed by atoms with Crippen molar-refractivity contribution in [1.82, 2.24) is 0 Å². The monoisotopic (exact) mass is 360 g/mol. The highest BCUT2D eigenvalue weighted by Gasteiger charge is 2.52. The van der Waals surface area contributed by atoms with E-state index in [-0.39, 0.29) is 5.78 Å². The van der Waals surface area contributed by atoms with Crippen molar-refractivity contribution >= 4 is 23.0 Å². The fourth-order valence-electron chi connectivity index (χ4n) is 4.63. The molecular weight excluding hydrogens is 336 g/mol. The van der Waals surface area contributed by atoms with Crippen LogP contribution in [0.3, 0.4) is 0 Å². The zero-order valence-corrected chi connectivity index (χ0v) is 15.9. The third-order valence-corrected chi connectivity index (χ3v) is 6.43. The molecule has 0 bridgehead atoms. The van der Waals surface area contributed by atoms with Gasteiger partial charge in [-0.3, -0.25) is 4.79 Å². The molecule has 1 fully saturated rings. The molecule has 0 radical (unpaired) electrons. The number of aliphatic imine (C=N–C) groups is 1. The predicted molar refractivity (Wildman–Crippen MR) is 107 cm³/mol. The van der Waals surface area contributed by atoms with Crippen LogP contribution in [0.15, 0.2) is 35.3 Å². The number of carbonyl (C=O) groups excluding carboxylic acids is 1. The Balaban J connectivity index is 1.62. The first kappa shape index (κ1) is 16.7. The van der Waals surface area contributed by atoms with E-state index < -0.39 is 5.60 Å². The Morgan fingerprint density at radius 1 is 1.04 bits per heavy atom. The van der Waals surface area contributed by atoms with E-state index in [0.29, 0.717) is 30.1 Å². The lowest BCUT2D eigenvalue weighted by Crippen LogP contribution is -2.48. The van der Waals surface area contributed by atoms with Crippen molar-refractivity contribution in [3.8, 4) is 0 Å². The van der Waals surface area contributed by atoms with Crippen molar-refractivity contribution in [1.29, 1.82) is 0 Å². The molecule has 1 atom stereocenters. The highest BCUT2D eigenvalue weighted by atomic mass is 16.3. The molecule has 1 aliphatic carbocycles. The van der Waals surface area contributed by atoms with Gasteiger partial charge in [-0.2, -0.15) is 0 Å². The Bertz CT molecular complexity index is 1010. The number of hydrogen-bond donors (Lipinski definition) is 1. The SMILES string of the molecule is Cc1cc2c(cc1C)C(=O)C1(O)CCN(c3ccc4c(c3)CCCC4)C1=N2. The lowest BCUT2D eigenvalue weighted by atomic mass is 9.86. The van der Waals surface area contributed by atoms with Crippen LogP contribution in [-0.2, 0) is 12.8 Å². The summed E-state index contributed by atoms with van der Waals surface area (Å²) in [5.74, 6) is 0.269. The zero-order chi connectivity index (χ0) is 18.8. The molecule has 0 amide bonds. The predicted octanol–water partition coefficient (Wildman–Crippen LogP) is 4.05. The molecule has 2 aromatic carbocycles. The minimum absolute atomic E-state index is 0.217. The van der Waals surface area contributed by atoms with E-state index in [2.05, 4.69) is 18.2 Å². The van der Waals surface area contributed by atoms with Crippen LogP contribution in [0.5, 0.6) is 0 Å². The highest BCUT2D eigenvalue weighted by Crippen LogP contribution is 2.41. The standard InChI is InChI=1S/C23H24N2O2/c1-14-11-19-20(12-15(14)2)24-22-23(27,21(19)26)9-10-25(22)18-8-7-16-5-3-4-6-17(16)13-18/h7-8,11-13,27H,3-6,9-10H2,1-2H3. The van der Waals surface area contributed by atoms with Gasteiger partial charge in [-0.25, -0.2) is 4.99 Å². The van der Waals surface area contributed by atoms with Crippen LogP contribution in [0.25, 0.3) is 0 Å². The Morgan fingerprint density at radius 3 is 2.59 bits per heavy atom. The summed E-state index contributed by atoms with van der Waals surface area (Å²) in [5, 5.41) is 11.2. The first-order valence-electron chi connectivity index (χ1n) is 9.84. The summed E-state index contributed by atoms with van der Waals surface area (Å²) < 4.78 is 0. The maximum atomic E-state index is 13.1. The van der Waals surface area contributed by atoms with E-state index in [1.807, 2.05) is 30.9 Å². The fourth-order valence-corrected chi connectivity index (χ4v) is 4.63. The maximum absolute atomic E-state index is 13.1. The summed E-state index contributed by atoms with van der Waals surface area (Å²) in [6.45, 7) is 4.61. The molecular formula is C23H24N2O2. The number of amidine groups is 1. The molecule has 138 valence electrons. The second-order valence-electron chi connectivity index (χ2n) is 8.14. The van der Waals surface area contributed by atoms with Crippen molar-refractivity contribution in [3.05, 3.63) is 58.1 Å². The summed E-state index contributed by atoms with van der Waals surface area (Å²) in [7, 11) is 0. The summed E-state index contributed by atoms with van der Waals surface area (Å²) in [5.41, 5.74) is 5.71. The molecule has 2 aromatic rings. The molecule has 1 saturated heterocycles. The summed E-state index contributed by atoms with van der Waals surface area (Å²) >= 11 is 0. The zero-order valence-electron chi connectivity index (χ0n) is 15.9. The fraction of sp³-hybridized carbons (Fsp3) is 0.391. The second kappa shape index (κ2) is 5.77. The largest absolute Gasteiger partial charge is 0.374 e. The molecule has 2 aliphatic heterocycles. The van der Waals surface area contributed by atoms with Gasteiger partial charge in [0, 0.05) is 24.2 Å². The van der Waals surface area contributed by atoms with Crippen LogP contribution in [-0.4, -0.2) is 28.9 Å². The molecule has 5 rings (SSSR count). The number of aliphatic hydroxyl groups is 1. The number of hydrogen-bond acceptors (Lipinski definition) is 4. The smallest absolute Gasteiger partial charge is 0.204 e. The van der Waals surface area contributed by atoms with E-state index in [9.17, 15) is 9.90 Å². The average molecular weight is 360 g/mol. The molecule has 0 saturated carbocycles. The number of carbonyl (C=O) groups is 1. The van der Waals surface area contributed by atoms with E-state index >= 15 is 0 Å². The molecule has 0 spiro atoms. The number of ketones is 1. The van der Waals surface area contributed by atoms with Crippen molar-refractivity contribution in [3.63, 3.8) is 0 Å². The number of Topliss-reactive ketones (excluding diaryl/α,β-unsaturated/α-hetero) is 1. The van der Waals surface area contributed by atoms with E-state index in [0.717, 1.165) is 29.7 Å². The lowest BCUT2D eigenvalue weighted by Gasteiger charge is -2.30. The highest BCUT2D eigenvalue weighted by molar-refractivity contribution is 6.28. The molecule has 27 heavy (non-hydrogen) atoms. The van der Waals surface area contributed by atoms with Gasteiger partial charge in [0.15, 0.2) is 5.60 Å². The Hall–Kier alpha value is -2.46. The number of rotatable bonds is 1. The van der Waals surface area contributed by atoms with Gasteiger partial charge >= 0.3 is 0 Å². The molecule has 1 N–H and O–H groups in total. The topological polar surface area (TPSA) is 52.9 Å². The Morgan fingerprint density at radius 2 is 1.78 bits per heavy atom. The molecule has 3 aliphatic rings. The van der Waals surface area contributed by atoms with Gasteiger partial charge in [-0.1, -0.05) is 6.07 Å². The van der Waals surface area contributed by atoms with Crippen LogP contribution in [0.4, 0.5) is 11.4 Å². The van der Waals surface area contributed by atoms with Gasteiger partial charge in [-0.05, 0) is 86.1 Å². The van der Waals surface area contributed by atoms with Crippen LogP contribution < -0.4 is 4.90 Å². The van der Waals surface area contributed by atoms with Crippen molar-refractivity contribution in [2.75, 3.05) is 11.4 Å². The number of aryl methyl sites for hydroxylation is 4. The van der Waals surface area contributed by atoms with E-state index in [1.54, 1.807) is 0 Å². The van der Waals surface area contributed by atoms with E-state index in [1.165, 1.54) is 24.0 Å². The van der Waals surface area contributed by atoms with Gasteiger partial charge in [0.25, 0.3) is 0 Å². The lowest BCUT2D eigenvalue weighted by molar-refractivity contribution is 0.0602. The summed E-state index contributed by atoms with van der Waals surface area (Å²) in [4.78, 5) is 19.9. The molecule has 4 heteroatoms. The Kier molecular flexibility index (Phi) is 3.57. The van der Waals surface area contributed by atoms with Crippen LogP contribution in [0, 0.1) is 13.8 Å².